The number of aromatic nitrogens is 2. The highest BCUT2D eigenvalue weighted by Gasteiger charge is 2.49. The fraction of sp³-hybridized carbons (Fsp3) is 0.688. The molecule has 1 aliphatic heterocycles. The van der Waals surface area contributed by atoms with Crippen molar-refractivity contribution >= 4 is 6.09 Å². The summed E-state index contributed by atoms with van der Waals surface area (Å²) >= 11 is 0. The molecule has 1 aromatic rings. The quantitative estimate of drug-likeness (QED) is 0.811. The van der Waals surface area contributed by atoms with E-state index in [2.05, 4.69) is 9.97 Å². The highest BCUT2D eigenvalue weighted by molar-refractivity contribution is 5.69. The third kappa shape index (κ3) is 3.96. The van der Waals surface area contributed by atoms with Crippen molar-refractivity contribution in [2.45, 2.75) is 57.5 Å². The van der Waals surface area contributed by atoms with Crippen LogP contribution in [0.3, 0.4) is 0 Å². The van der Waals surface area contributed by atoms with Crippen LogP contribution in [0.4, 0.5) is 18.0 Å². The first-order chi connectivity index (χ1) is 11.5. The van der Waals surface area contributed by atoms with Crippen molar-refractivity contribution in [2.24, 2.45) is 5.92 Å². The van der Waals surface area contributed by atoms with Gasteiger partial charge in [0.1, 0.15) is 11.7 Å². The molecule has 1 amide bonds. The van der Waals surface area contributed by atoms with Gasteiger partial charge in [0.05, 0.1) is 18.4 Å². The maximum Gasteiger partial charge on any atom is 0.434 e. The zero-order valence-electron chi connectivity index (χ0n) is 14.2. The predicted octanol–water partition coefficient (Wildman–Crippen LogP) is 3.27. The first kappa shape index (κ1) is 17.8. The van der Waals surface area contributed by atoms with Gasteiger partial charge in [0.15, 0.2) is 5.69 Å². The Morgan fingerprint density at radius 1 is 1.20 bits per heavy atom. The van der Waals surface area contributed by atoms with Crippen molar-refractivity contribution in [2.75, 3.05) is 6.54 Å². The van der Waals surface area contributed by atoms with Crippen molar-refractivity contribution in [3.8, 4) is 5.88 Å². The SMILES string of the molecule is CC(C)(C)OC(=O)N1C[C@H]2C[C@@H](Oc3cnc(C(F)(F)F)cn3)[C@@H]1C2. The Bertz CT molecular complexity index is 643. The number of rotatable bonds is 2. The predicted molar refractivity (Wildman–Crippen MR) is 80.9 cm³/mol. The summed E-state index contributed by atoms with van der Waals surface area (Å²) in [4.78, 5) is 21.0. The summed E-state index contributed by atoms with van der Waals surface area (Å²) in [6, 6.07) is -0.163. The number of carbonyl (C=O) groups is 1. The van der Waals surface area contributed by atoms with Gasteiger partial charge in [-0.25, -0.2) is 14.8 Å². The van der Waals surface area contributed by atoms with E-state index in [-0.39, 0.29) is 18.0 Å². The first-order valence-corrected chi connectivity index (χ1v) is 8.08. The maximum atomic E-state index is 12.5. The van der Waals surface area contributed by atoms with E-state index in [1.807, 2.05) is 0 Å². The number of halogens is 3. The lowest BCUT2D eigenvalue weighted by Gasteiger charge is -2.34. The van der Waals surface area contributed by atoms with Crippen LogP contribution in [-0.4, -0.2) is 45.3 Å². The van der Waals surface area contributed by atoms with Crippen LogP contribution >= 0.6 is 0 Å². The summed E-state index contributed by atoms with van der Waals surface area (Å²) in [7, 11) is 0. The summed E-state index contributed by atoms with van der Waals surface area (Å²) in [5.74, 6) is 0.319. The fourth-order valence-corrected chi connectivity index (χ4v) is 3.30. The summed E-state index contributed by atoms with van der Waals surface area (Å²) < 4.78 is 48.7. The van der Waals surface area contributed by atoms with Crippen molar-refractivity contribution in [3.63, 3.8) is 0 Å². The Kier molecular flexibility index (Phi) is 4.28. The van der Waals surface area contributed by atoms with Crippen molar-refractivity contribution in [1.29, 1.82) is 0 Å². The average Bonchev–Trinajstić information content (AvgIpc) is 3.05. The van der Waals surface area contributed by atoms with Gasteiger partial charge in [0.25, 0.3) is 0 Å². The lowest BCUT2D eigenvalue weighted by molar-refractivity contribution is -0.141. The Balaban J connectivity index is 1.65. The lowest BCUT2D eigenvalue weighted by Crippen LogP contribution is -2.48. The molecule has 1 aliphatic carbocycles. The summed E-state index contributed by atoms with van der Waals surface area (Å²) in [5.41, 5.74) is -1.66. The smallest absolute Gasteiger partial charge is 0.434 e. The molecule has 0 unspecified atom stereocenters. The van der Waals surface area contributed by atoms with Gasteiger partial charge in [-0.15, -0.1) is 0 Å². The monoisotopic (exact) mass is 359 g/mol. The summed E-state index contributed by atoms with van der Waals surface area (Å²) in [5, 5.41) is 0. The lowest BCUT2D eigenvalue weighted by atomic mass is 10.1. The van der Waals surface area contributed by atoms with Crippen LogP contribution in [0.15, 0.2) is 12.4 Å². The van der Waals surface area contributed by atoms with Gasteiger partial charge in [0, 0.05) is 6.54 Å². The molecule has 25 heavy (non-hydrogen) atoms. The van der Waals surface area contributed by atoms with Crippen molar-refractivity contribution in [3.05, 3.63) is 18.1 Å². The molecule has 9 heteroatoms. The normalized spacial score (nSPS) is 26.0. The van der Waals surface area contributed by atoms with Gasteiger partial charge in [-0.05, 0) is 39.5 Å². The van der Waals surface area contributed by atoms with Crippen LogP contribution in [0.2, 0.25) is 0 Å². The molecule has 0 spiro atoms. The number of hydrogen-bond donors (Lipinski definition) is 0. The number of alkyl halides is 3. The molecule has 3 rings (SSSR count). The van der Waals surface area contributed by atoms with E-state index in [9.17, 15) is 18.0 Å². The molecule has 6 nitrogen and oxygen atoms in total. The van der Waals surface area contributed by atoms with E-state index >= 15 is 0 Å². The highest BCUT2D eigenvalue weighted by atomic mass is 19.4. The van der Waals surface area contributed by atoms with Gasteiger partial charge in [-0.3, -0.25) is 0 Å². The number of fused-ring (bicyclic) bond motifs is 2. The Morgan fingerprint density at radius 2 is 1.92 bits per heavy atom. The van der Waals surface area contributed by atoms with E-state index in [1.54, 1.807) is 25.7 Å². The minimum Gasteiger partial charge on any atom is -0.471 e. The first-order valence-electron chi connectivity index (χ1n) is 8.08. The Hall–Kier alpha value is -2.06. The topological polar surface area (TPSA) is 64.5 Å². The molecule has 1 aromatic heterocycles. The number of hydrogen-bond acceptors (Lipinski definition) is 5. The zero-order chi connectivity index (χ0) is 18.4. The van der Waals surface area contributed by atoms with E-state index in [4.69, 9.17) is 9.47 Å². The summed E-state index contributed by atoms with van der Waals surface area (Å²) in [6.45, 7) is 6.00. The molecule has 2 fully saturated rings. The zero-order valence-corrected chi connectivity index (χ0v) is 14.2. The molecule has 138 valence electrons. The van der Waals surface area contributed by atoms with Crippen molar-refractivity contribution in [1.82, 2.24) is 14.9 Å². The molecule has 1 saturated carbocycles. The molecular weight excluding hydrogens is 339 g/mol. The van der Waals surface area contributed by atoms with Crippen LogP contribution in [0.1, 0.15) is 39.3 Å². The maximum absolute atomic E-state index is 12.5. The third-order valence-electron chi connectivity index (χ3n) is 4.24. The molecule has 2 heterocycles. The second kappa shape index (κ2) is 6.03. The number of carbonyl (C=O) groups excluding carboxylic acids is 1. The third-order valence-corrected chi connectivity index (χ3v) is 4.24. The molecule has 3 atom stereocenters. The van der Waals surface area contributed by atoms with Gasteiger partial charge in [-0.2, -0.15) is 13.2 Å². The second-order valence-electron chi connectivity index (χ2n) is 7.43. The minimum atomic E-state index is -4.54. The molecule has 0 radical (unpaired) electrons. The number of likely N-dealkylation sites (tertiary alicyclic amines) is 1. The molecule has 0 N–H and O–H groups in total. The minimum absolute atomic E-state index is 0.0229. The molecule has 2 bridgehead atoms. The van der Waals surface area contributed by atoms with Crippen LogP contribution in [0.5, 0.6) is 5.88 Å². The molecule has 1 saturated heterocycles. The van der Waals surface area contributed by atoms with E-state index in [0.29, 0.717) is 18.7 Å². The highest BCUT2D eigenvalue weighted by Crippen LogP contribution is 2.40. The van der Waals surface area contributed by atoms with Gasteiger partial charge < -0.3 is 14.4 Å². The molecule has 2 aliphatic rings. The molecule has 0 aromatic carbocycles. The van der Waals surface area contributed by atoms with E-state index in [0.717, 1.165) is 19.0 Å². The van der Waals surface area contributed by atoms with Crippen LogP contribution in [0.25, 0.3) is 0 Å². The van der Waals surface area contributed by atoms with Gasteiger partial charge in [-0.1, -0.05) is 0 Å². The summed E-state index contributed by atoms with van der Waals surface area (Å²) in [6.07, 6.45) is -2.12. The fourth-order valence-electron chi connectivity index (χ4n) is 3.30. The number of amides is 1. The largest absolute Gasteiger partial charge is 0.471 e. The van der Waals surface area contributed by atoms with Crippen LogP contribution in [-0.2, 0) is 10.9 Å². The van der Waals surface area contributed by atoms with Crippen LogP contribution < -0.4 is 4.74 Å². The van der Waals surface area contributed by atoms with Crippen LogP contribution in [0, 0.1) is 5.92 Å². The Labute approximate surface area is 143 Å². The van der Waals surface area contributed by atoms with Crippen molar-refractivity contribution < 1.29 is 27.4 Å². The Morgan fingerprint density at radius 3 is 2.44 bits per heavy atom. The van der Waals surface area contributed by atoms with E-state index < -0.39 is 23.6 Å². The standard InChI is InChI=1S/C16H20F3N3O3/c1-15(2,3)25-14(23)22-8-9-4-10(22)11(5-9)24-13-7-20-12(6-21-13)16(17,18)19/h6-7,9-11H,4-5,8H2,1-3H3/t9-,10+,11-/m1/s1. The van der Waals surface area contributed by atoms with Gasteiger partial charge in [0.2, 0.25) is 5.88 Å². The van der Waals surface area contributed by atoms with Gasteiger partial charge >= 0.3 is 12.3 Å². The molecular formula is C16H20F3N3O3. The second-order valence-corrected chi connectivity index (χ2v) is 7.43. The number of piperidine rings is 1. The average molecular weight is 359 g/mol. The number of ether oxygens (including phenoxy) is 2. The number of nitrogens with zero attached hydrogens (tertiary/aromatic N) is 3. The van der Waals surface area contributed by atoms with E-state index in [1.165, 1.54) is 0 Å².